The zero-order chi connectivity index (χ0) is 23.0. The van der Waals surface area contributed by atoms with Gasteiger partial charge in [0.25, 0.3) is 0 Å². The summed E-state index contributed by atoms with van der Waals surface area (Å²) in [4.78, 5) is 11.6. The minimum absolute atomic E-state index is 0. The zero-order valence-corrected chi connectivity index (χ0v) is 21.9. The van der Waals surface area contributed by atoms with Crippen molar-refractivity contribution in [1.29, 1.82) is 0 Å². The van der Waals surface area contributed by atoms with E-state index < -0.39 is 15.9 Å². The maximum atomic E-state index is 11.6. The summed E-state index contributed by atoms with van der Waals surface area (Å²) in [5.74, 6) is -0.434. The second kappa shape index (κ2) is 9.81. The van der Waals surface area contributed by atoms with Crippen LogP contribution in [0.15, 0.2) is 42.7 Å². The second-order valence-corrected chi connectivity index (χ2v) is 10.4. The third-order valence-corrected chi connectivity index (χ3v) is 6.88. The zero-order valence-electron chi connectivity index (χ0n) is 19.5. The minimum atomic E-state index is -3.47. The number of aromatic nitrogens is 2. The lowest BCUT2D eigenvalue weighted by molar-refractivity contribution is -0.696. The van der Waals surface area contributed by atoms with E-state index in [2.05, 4.69) is 72.8 Å². The molecule has 0 radical (unpaired) electrons. The summed E-state index contributed by atoms with van der Waals surface area (Å²) < 4.78 is 28.7. The maximum absolute atomic E-state index is 11.6. The minimum Gasteiger partial charge on any atom is -1.00 e. The van der Waals surface area contributed by atoms with E-state index in [9.17, 15) is 13.2 Å². The van der Waals surface area contributed by atoms with E-state index in [-0.39, 0.29) is 23.4 Å². The van der Waals surface area contributed by atoms with Crippen LogP contribution in [-0.4, -0.2) is 25.1 Å². The molecule has 1 amide bonds. The molecule has 1 N–H and O–H groups in total. The van der Waals surface area contributed by atoms with Crippen LogP contribution in [0.25, 0.3) is 32.6 Å². The van der Waals surface area contributed by atoms with Crippen LogP contribution in [0.3, 0.4) is 0 Å². The van der Waals surface area contributed by atoms with Crippen LogP contribution >= 0.6 is 0 Å². The second-order valence-electron chi connectivity index (χ2n) is 8.67. The first-order valence-corrected chi connectivity index (χ1v) is 12.9. The molecule has 8 heteroatoms. The van der Waals surface area contributed by atoms with Gasteiger partial charge in [0.1, 0.15) is 6.54 Å². The predicted molar refractivity (Wildman–Crippen MR) is 129 cm³/mol. The molecule has 0 aliphatic heterocycles. The standard InChI is InChI=1S/C25H29N3O3S.BrH/c1-17-21-16-28(14-9-5-6-12-23(29)26-32(4,30)31)15-13-19(21)18(2)25-24(17)20-10-7-8-11-22(20)27(25)3;/h7-8,10-11,13,15-16H,5-6,9,12,14H2,1-4H3;1H. The number of nitrogens with one attached hydrogen (secondary N) is 1. The molecule has 0 unspecified atom stereocenters. The van der Waals surface area contributed by atoms with Gasteiger partial charge in [-0.15, -0.1) is 0 Å². The summed E-state index contributed by atoms with van der Waals surface area (Å²) in [7, 11) is -1.33. The first-order chi connectivity index (χ1) is 15.2. The monoisotopic (exact) mass is 531 g/mol. The van der Waals surface area contributed by atoms with Crippen LogP contribution < -0.4 is 26.3 Å². The molecule has 33 heavy (non-hydrogen) atoms. The fraction of sp³-hybridized carbons (Fsp3) is 0.360. The number of carbonyl (C=O) groups excluding carboxylic acids is 1. The Kier molecular flexibility index (Phi) is 7.49. The molecule has 0 saturated carbocycles. The molecule has 0 aliphatic rings. The van der Waals surface area contributed by atoms with Gasteiger partial charge in [-0.1, -0.05) is 18.2 Å². The highest BCUT2D eigenvalue weighted by atomic mass is 79.9. The van der Waals surface area contributed by atoms with Crippen molar-refractivity contribution < 1.29 is 34.8 Å². The molecule has 176 valence electrons. The van der Waals surface area contributed by atoms with Crippen molar-refractivity contribution >= 4 is 48.5 Å². The molecule has 6 nitrogen and oxygen atoms in total. The van der Waals surface area contributed by atoms with Gasteiger partial charge in [0, 0.05) is 47.6 Å². The summed E-state index contributed by atoms with van der Waals surface area (Å²) in [5, 5.41) is 5.15. The van der Waals surface area contributed by atoms with Crippen LogP contribution in [0.4, 0.5) is 0 Å². The molecular formula is C25H30BrN3O3S. The summed E-state index contributed by atoms with van der Waals surface area (Å²) in [5.41, 5.74) is 5.13. The third kappa shape index (κ3) is 5.06. The van der Waals surface area contributed by atoms with Gasteiger partial charge < -0.3 is 21.5 Å². The Hall–Kier alpha value is -2.45. The fourth-order valence-corrected chi connectivity index (χ4v) is 5.31. The lowest BCUT2D eigenvalue weighted by atomic mass is 9.97. The van der Waals surface area contributed by atoms with E-state index in [1.165, 1.54) is 43.7 Å². The Morgan fingerprint density at radius 2 is 1.73 bits per heavy atom. The van der Waals surface area contributed by atoms with E-state index in [0.717, 1.165) is 25.6 Å². The highest BCUT2D eigenvalue weighted by Gasteiger charge is 2.18. The number of para-hydroxylation sites is 1. The summed E-state index contributed by atoms with van der Waals surface area (Å²) in [6, 6.07) is 10.8. The van der Waals surface area contributed by atoms with Crippen molar-refractivity contribution in [3.63, 3.8) is 0 Å². The molecule has 4 aromatic rings. The van der Waals surface area contributed by atoms with Gasteiger partial charge in [-0.05, 0) is 49.3 Å². The first-order valence-electron chi connectivity index (χ1n) is 11.0. The molecule has 0 saturated heterocycles. The van der Waals surface area contributed by atoms with Crippen molar-refractivity contribution in [2.45, 2.75) is 46.1 Å². The highest BCUT2D eigenvalue weighted by molar-refractivity contribution is 7.89. The molecule has 4 rings (SSSR count). The van der Waals surface area contributed by atoms with E-state index in [1.54, 1.807) is 0 Å². The molecule has 0 aliphatic carbocycles. The number of aryl methyl sites for hydroxylation is 4. The Bertz CT molecular complexity index is 1460. The average molecular weight is 533 g/mol. The van der Waals surface area contributed by atoms with Gasteiger partial charge >= 0.3 is 0 Å². The summed E-state index contributed by atoms with van der Waals surface area (Å²) >= 11 is 0. The molecule has 0 atom stereocenters. The van der Waals surface area contributed by atoms with E-state index in [0.29, 0.717) is 6.42 Å². The molecule has 0 bridgehead atoms. The fourth-order valence-electron chi connectivity index (χ4n) is 4.79. The lowest BCUT2D eigenvalue weighted by Crippen LogP contribution is -3.00. The lowest BCUT2D eigenvalue weighted by Gasteiger charge is -2.10. The number of fused-ring (bicyclic) bond motifs is 4. The Balaban J connectivity index is 0.00000306. The van der Waals surface area contributed by atoms with Crippen molar-refractivity contribution in [3.8, 4) is 0 Å². The average Bonchev–Trinajstić information content (AvgIpc) is 3.03. The van der Waals surface area contributed by atoms with Gasteiger partial charge in [-0.2, -0.15) is 0 Å². The van der Waals surface area contributed by atoms with Gasteiger partial charge in [-0.3, -0.25) is 9.52 Å². The normalized spacial score (nSPS) is 11.8. The van der Waals surface area contributed by atoms with Crippen LogP contribution in [0.2, 0.25) is 0 Å². The number of amides is 1. The topological polar surface area (TPSA) is 72.1 Å². The number of nitrogens with zero attached hydrogens (tertiary/aromatic N) is 2. The van der Waals surface area contributed by atoms with E-state index in [1.807, 2.05) is 4.72 Å². The van der Waals surface area contributed by atoms with Gasteiger partial charge in [-0.25, -0.2) is 13.0 Å². The van der Waals surface area contributed by atoms with E-state index >= 15 is 0 Å². The van der Waals surface area contributed by atoms with E-state index in [4.69, 9.17) is 0 Å². The van der Waals surface area contributed by atoms with Crippen molar-refractivity contribution in [1.82, 2.24) is 9.29 Å². The summed E-state index contributed by atoms with van der Waals surface area (Å²) in [6.45, 7) is 5.27. The largest absolute Gasteiger partial charge is 1.00 e. The number of halogens is 1. The predicted octanol–water partition coefficient (Wildman–Crippen LogP) is 1.03. The van der Waals surface area contributed by atoms with Crippen molar-refractivity contribution in [2.24, 2.45) is 7.05 Å². The van der Waals surface area contributed by atoms with Crippen LogP contribution in [0, 0.1) is 13.8 Å². The van der Waals surface area contributed by atoms with Gasteiger partial charge in [0.2, 0.25) is 15.9 Å². The Morgan fingerprint density at radius 3 is 2.45 bits per heavy atom. The number of pyridine rings is 1. The number of hydrogen-bond donors (Lipinski definition) is 1. The van der Waals surface area contributed by atoms with Crippen LogP contribution in [0.1, 0.15) is 36.8 Å². The molecule has 2 aromatic carbocycles. The van der Waals surface area contributed by atoms with Crippen molar-refractivity contribution in [3.05, 3.63) is 53.9 Å². The Morgan fingerprint density at radius 1 is 1.00 bits per heavy atom. The maximum Gasteiger partial charge on any atom is 0.233 e. The SMILES string of the molecule is Cc1c2c[n+](CCCCCC(=O)NS(C)(=O)=O)ccc2c(C)c2c1c1ccccc1n2C.[Br-]. The van der Waals surface area contributed by atoms with Crippen LogP contribution in [-0.2, 0) is 28.4 Å². The smallest absolute Gasteiger partial charge is 0.233 e. The third-order valence-electron chi connectivity index (χ3n) is 6.28. The number of hydrogen-bond acceptors (Lipinski definition) is 3. The molecule has 0 fully saturated rings. The summed E-state index contributed by atoms with van der Waals surface area (Å²) in [6.07, 6.45) is 8.04. The molecule has 0 spiro atoms. The quantitative estimate of drug-likeness (QED) is 0.286. The number of sulfonamides is 1. The van der Waals surface area contributed by atoms with Gasteiger partial charge in [0.05, 0.1) is 11.8 Å². The number of unbranched alkanes of at least 4 members (excludes halogenated alkanes) is 2. The highest BCUT2D eigenvalue weighted by Crippen LogP contribution is 2.37. The van der Waals surface area contributed by atoms with Gasteiger partial charge in [0.15, 0.2) is 12.4 Å². The molecular weight excluding hydrogens is 502 g/mol. The first kappa shape index (κ1) is 25.2. The molecule has 2 aromatic heterocycles. The number of benzene rings is 2. The Labute approximate surface area is 205 Å². The van der Waals surface area contributed by atoms with Crippen LogP contribution in [0.5, 0.6) is 0 Å². The number of carbonyl (C=O) groups is 1. The number of rotatable bonds is 7. The van der Waals surface area contributed by atoms with Crippen molar-refractivity contribution in [2.75, 3.05) is 6.26 Å². The molecule has 2 heterocycles.